The van der Waals surface area contributed by atoms with Gasteiger partial charge in [-0.25, -0.2) is 4.79 Å². The normalized spacial score (nSPS) is 13.1. The number of rotatable bonds is 12. The summed E-state index contributed by atoms with van der Waals surface area (Å²) in [5.41, 5.74) is 7.75. The van der Waals surface area contributed by atoms with Gasteiger partial charge in [0.2, 0.25) is 0 Å². The Balaban J connectivity index is 1.59. The van der Waals surface area contributed by atoms with Crippen molar-refractivity contribution in [1.82, 2.24) is 0 Å². The van der Waals surface area contributed by atoms with E-state index in [9.17, 15) is 14.7 Å². The summed E-state index contributed by atoms with van der Waals surface area (Å²) >= 11 is 6.72. The van der Waals surface area contributed by atoms with Crippen molar-refractivity contribution in [2.45, 2.75) is 33.7 Å². The second-order valence-electron chi connectivity index (χ2n) is 11.9. The summed E-state index contributed by atoms with van der Waals surface area (Å²) in [4.78, 5) is 30.0. The van der Waals surface area contributed by atoms with Crippen LogP contribution in [0.5, 0.6) is 11.5 Å². The zero-order valence-corrected chi connectivity index (χ0v) is 28.9. The Labute approximate surface area is 292 Å². The molecule has 8 heteroatoms. The number of anilines is 3. The molecule has 0 aliphatic carbocycles. The van der Waals surface area contributed by atoms with Crippen molar-refractivity contribution < 1.29 is 19.4 Å². The molecule has 1 aliphatic rings. The Kier molecular flexibility index (Phi) is 9.92. The third-order valence-corrected chi connectivity index (χ3v) is 9.56. The van der Waals surface area contributed by atoms with Gasteiger partial charge in [-0.1, -0.05) is 60.1 Å². The molecule has 0 amide bonds. The molecule has 0 saturated carbocycles. The van der Waals surface area contributed by atoms with Crippen LogP contribution in [0.15, 0.2) is 103 Å². The minimum atomic E-state index is -1.03. The van der Waals surface area contributed by atoms with E-state index in [1.165, 1.54) is 12.1 Å². The molecule has 1 aliphatic heterocycles. The molecule has 2 N–H and O–H groups in total. The topological polar surface area (TPSA) is 82.1 Å². The third kappa shape index (κ3) is 6.46. The monoisotopic (exact) mass is 673 g/mol. The summed E-state index contributed by atoms with van der Waals surface area (Å²) in [6, 6.07) is 31.8. The molecule has 7 nitrogen and oxygen atoms in total. The van der Waals surface area contributed by atoms with Crippen molar-refractivity contribution in [2.75, 3.05) is 41.3 Å². The molecule has 0 fully saturated rings. The number of fused-ring (bicyclic) bond motifs is 2. The molecule has 1 atom stereocenters. The Hall–Kier alpha value is -5.27. The minimum absolute atomic E-state index is 0.136. The molecule has 0 radical (unpaired) electrons. The third-order valence-electron chi connectivity index (χ3n) is 9.23. The fraction of sp³-hybridized carbons (Fsp3) is 0.220. The van der Waals surface area contributed by atoms with Gasteiger partial charge in [-0.3, -0.25) is 4.79 Å². The van der Waals surface area contributed by atoms with E-state index in [2.05, 4.69) is 61.0 Å². The first-order chi connectivity index (χ1) is 23.8. The van der Waals surface area contributed by atoms with Crippen molar-refractivity contribution in [1.29, 1.82) is 0 Å². The number of benzene rings is 5. The van der Waals surface area contributed by atoms with Crippen LogP contribution in [-0.4, -0.2) is 43.0 Å². The number of nitrogens with zero attached hydrogens (tertiary/aromatic N) is 2. The predicted molar refractivity (Wildman–Crippen MR) is 199 cm³/mol. The van der Waals surface area contributed by atoms with E-state index in [0.29, 0.717) is 29.2 Å². The van der Waals surface area contributed by atoms with Crippen LogP contribution in [0.3, 0.4) is 0 Å². The van der Waals surface area contributed by atoms with Gasteiger partial charge in [0, 0.05) is 65.4 Å². The maximum atomic E-state index is 14.0. The van der Waals surface area contributed by atoms with Crippen LogP contribution in [0.2, 0.25) is 5.02 Å². The van der Waals surface area contributed by atoms with Gasteiger partial charge in [-0.15, -0.1) is 0 Å². The number of hydrogen-bond acceptors (Lipinski definition) is 6. The number of para-hydroxylation sites is 2. The lowest BCUT2D eigenvalue weighted by molar-refractivity contribution is 0.0696. The second kappa shape index (κ2) is 14.5. The van der Waals surface area contributed by atoms with Gasteiger partial charge < -0.3 is 25.0 Å². The summed E-state index contributed by atoms with van der Waals surface area (Å²) in [7, 11) is 0. The van der Waals surface area contributed by atoms with Crippen LogP contribution in [0, 0.1) is 0 Å². The summed E-state index contributed by atoms with van der Waals surface area (Å²) < 4.78 is 6.61. The van der Waals surface area contributed by atoms with Gasteiger partial charge in [0.15, 0.2) is 5.78 Å². The van der Waals surface area contributed by atoms with E-state index in [1.54, 1.807) is 12.1 Å². The Morgan fingerprint density at radius 1 is 0.735 bits per heavy atom. The maximum absolute atomic E-state index is 14.0. The molecule has 0 bridgehead atoms. The van der Waals surface area contributed by atoms with Crippen LogP contribution in [0.1, 0.15) is 71.1 Å². The highest BCUT2D eigenvalue weighted by Gasteiger charge is 2.33. The van der Waals surface area contributed by atoms with E-state index < -0.39 is 5.97 Å². The number of nitrogens with one attached hydrogen (secondary N) is 1. The molecular weight excluding hydrogens is 634 g/mol. The summed E-state index contributed by atoms with van der Waals surface area (Å²) in [5.74, 6) is 0.327. The molecule has 49 heavy (non-hydrogen) atoms. The van der Waals surface area contributed by atoms with Gasteiger partial charge >= 0.3 is 5.97 Å². The summed E-state index contributed by atoms with van der Waals surface area (Å²) in [6.07, 6.45) is 0. The number of carbonyl (C=O) groups is 2. The van der Waals surface area contributed by atoms with Crippen LogP contribution >= 0.6 is 11.6 Å². The molecule has 250 valence electrons. The van der Waals surface area contributed by atoms with Gasteiger partial charge in [0.25, 0.3) is 0 Å². The molecule has 0 spiro atoms. The highest BCUT2D eigenvalue weighted by atomic mass is 35.5. The lowest BCUT2D eigenvalue weighted by atomic mass is 9.85. The second-order valence-corrected chi connectivity index (χ2v) is 12.3. The largest absolute Gasteiger partial charge is 0.478 e. The van der Waals surface area contributed by atoms with Crippen LogP contribution in [0.25, 0.3) is 11.1 Å². The first-order valence-corrected chi connectivity index (χ1v) is 17.1. The Morgan fingerprint density at radius 2 is 1.37 bits per heavy atom. The van der Waals surface area contributed by atoms with Crippen molar-refractivity contribution in [2.24, 2.45) is 0 Å². The molecule has 5 aromatic rings. The van der Waals surface area contributed by atoms with Crippen LogP contribution < -0.4 is 19.9 Å². The van der Waals surface area contributed by atoms with Crippen LogP contribution in [-0.2, 0) is 0 Å². The predicted octanol–water partition coefficient (Wildman–Crippen LogP) is 9.94. The number of halogens is 1. The Morgan fingerprint density at radius 3 is 2.04 bits per heavy atom. The lowest BCUT2D eigenvalue weighted by Gasteiger charge is -2.35. The molecule has 6 rings (SSSR count). The number of hydrogen-bond donors (Lipinski definition) is 2. The van der Waals surface area contributed by atoms with Crippen molar-refractivity contribution in [3.05, 3.63) is 136 Å². The number of ketones is 1. The van der Waals surface area contributed by atoms with Crippen molar-refractivity contribution in [3.63, 3.8) is 0 Å². The van der Waals surface area contributed by atoms with Crippen molar-refractivity contribution in [3.8, 4) is 22.6 Å². The average Bonchev–Trinajstić information content (AvgIpc) is 3.13. The molecule has 5 aromatic carbocycles. The number of ether oxygens (including phenoxy) is 1. The number of carbonyl (C=O) groups excluding carboxylic acids is 1. The highest BCUT2D eigenvalue weighted by Crippen LogP contribution is 2.52. The number of aromatic carboxylic acids is 1. The van der Waals surface area contributed by atoms with Gasteiger partial charge in [0.1, 0.15) is 11.5 Å². The quantitative estimate of drug-likeness (QED) is 0.128. The Bertz CT molecular complexity index is 2000. The fourth-order valence-electron chi connectivity index (χ4n) is 6.69. The summed E-state index contributed by atoms with van der Waals surface area (Å²) in [6.45, 7) is 11.4. The maximum Gasteiger partial charge on any atom is 0.335 e. The van der Waals surface area contributed by atoms with E-state index in [1.807, 2.05) is 60.7 Å². The number of carboxylic acids is 1. The standard InChI is InChI=1S/C41H40ClN3O4/c1-5-44(6-2)33-23-24-36-38(39(30-13-9-12-16-35(30)49-36)43-32-15-11-10-14-31(32)42)37(33)28-21-22-29(34(25-28)45(7-3)8-4)40(46)26-17-19-27(20-18-26)41(47)48/h9-25,39,43H,5-8H2,1-4H3,(H,47,48). The van der Waals surface area contributed by atoms with E-state index in [-0.39, 0.29) is 17.4 Å². The van der Waals surface area contributed by atoms with Crippen LogP contribution in [0.4, 0.5) is 17.1 Å². The highest BCUT2D eigenvalue weighted by molar-refractivity contribution is 6.33. The summed E-state index contributed by atoms with van der Waals surface area (Å²) in [5, 5.41) is 13.8. The van der Waals surface area contributed by atoms with Gasteiger partial charge in [-0.2, -0.15) is 0 Å². The zero-order valence-electron chi connectivity index (χ0n) is 28.2. The number of carboxylic acid groups (broad SMARTS) is 1. The molecule has 0 saturated heterocycles. The smallest absolute Gasteiger partial charge is 0.335 e. The van der Waals surface area contributed by atoms with Crippen molar-refractivity contribution >= 4 is 40.4 Å². The first kappa shape index (κ1) is 33.6. The average molecular weight is 674 g/mol. The van der Waals surface area contributed by atoms with E-state index >= 15 is 0 Å². The van der Waals surface area contributed by atoms with Gasteiger partial charge in [-0.05, 0) is 87.9 Å². The van der Waals surface area contributed by atoms with E-state index in [4.69, 9.17) is 16.3 Å². The van der Waals surface area contributed by atoms with Gasteiger partial charge in [0.05, 0.1) is 22.3 Å². The lowest BCUT2D eigenvalue weighted by Crippen LogP contribution is -2.26. The molecule has 1 unspecified atom stereocenters. The fourth-order valence-corrected chi connectivity index (χ4v) is 6.88. The zero-order chi connectivity index (χ0) is 34.7. The molecule has 0 aromatic heterocycles. The molecule has 1 heterocycles. The molecular formula is C41H40ClN3O4. The SMILES string of the molecule is CCN(CC)c1cc(-c2c(N(CC)CC)ccc3c2C(Nc2ccccc2Cl)c2ccccc2O3)ccc1C(=O)c1ccc(C(=O)O)cc1. The first-order valence-electron chi connectivity index (χ1n) is 16.8. The minimum Gasteiger partial charge on any atom is -0.478 e. The van der Waals surface area contributed by atoms with E-state index in [0.717, 1.165) is 63.9 Å².